The molecule has 0 atom stereocenters. The van der Waals surface area contributed by atoms with Crippen molar-refractivity contribution >= 4 is 21.6 Å². The highest BCUT2D eigenvalue weighted by Crippen LogP contribution is 2.17. The zero-order valence-electron chi connectivity index (χ0n) is 5.43. The third-order valence-electron chi connectivity index (χ3n) is 1.40. The standard InChI is InChI=1S/C7H4FNOS/c8-6-3-4-7(11-6)5(10)1-2-9-4/h1-3H,(H,9,10). The monoisotopic (exact) mass is 169 g/mol. The number of hydrogen-bond acceptors (Lipinski definition) is 2. The van der Waals surface area contributed by atoms with E-state index in [0.717, 1.165) is 11.3 Å². The second-order valence-corrected chi connectivity index (χ2v) is 3.14. The highest BCUT2D eigenvalue weighted by Gasteiger charge is 2.02. The van der Waals surface area contributed by atoms with Gasteiger partial charge in [-0.2, -0.15) is 4.39 Å². The summed E-state index contributed by atoms with van der Waals surface area (Å²) in [6.07, 6.45) is 1.51. The Kier molecular flexibility index (Phi) is 1.29. The maximum atomic E-state index is 12.6. The van der Waals surface area contributed by atoms with Crippen LogP contribution in [-0.4, -0.2) is 4.98 Å². The van der Waals surface area contributed by atoms with Gasteiger partial charge < -0.3 is 4.98 Å². The number of thiophene rings is 1. The molecule has 0 fully saturated rings. The van der Waals surface area contributed by atoms with Gasteiger partial charge in [0.1, 0.15) is 4.70 Å². The van der Waals surface area contributed by atoms with E-state index in [2.05, 4.69) is 4.98 Å². The lowest BCUT2D eigenvalue weighted by molar-refractivity contribution is 0.658. The molecule has 0 aromatic carbocycles. The quantitative estimate of drug-likeness (QED) is 0.640. The molecule has 0 saturated carbocycles. The summed E-state index contributed by atoms with van der Waals surface area (Å²) >= 11 is 0.868. The van der Waals surface area contributed by atoms with Crippen molar-refractivity contribution in [3.05, 3.63) is 33.7 Å². The van der Waals surface area contributed by atoms with Crippen LogP contribution in [0.4, 0.5) is 4.39 Å². The maximum Gasteiger partial charge on any atom is 0.199 e. The van der Waals surface area contributed by atoms with Crippen molar-refractivity contribution in [2.24, 2.45) is 0 Å². The third-order valence-corrected chi connectivity index (χ3v) is 2.34. The van der Waals surface area contributed by atoms with E-state index < -0.39 is 0 Å². The highest BCUT2D eigenvalue weighted by atomic mass is 32.1. The van der Waals surface area contributed by atoms with Gasteiger partial charge in [-0.1, -0.05) is 0 Å². The number of aromatic amines is 1. The molecule has 0 spiro atoms. The molecule has 4 heteroatoms. The Balaban J connectivity index is 3.02. The Morgan fingerprint density at radius 3 is 3.09 bits per heavy atom. The van der Waals surface area contributed by atoms with E-state index in [1.54, 1.807) is 0 Å². The molecule has 1 N–H and O–H groups in total. The molecule has 0 aliphatic rings. The van der Waals surface area contributed by atoms with Crippen molar-refractivity contribution in [3.63, 3.8) is 0 Å². The minimum atomic E-state index is -0.334. The first-order valence-corrected chi connectivity index (χ1v) is 3.86. The number of nitrogens with one attached hydrogen (secondary N) is 1. The van der Waals surface area contributed by atoms with Gasteiger partial charge in [0.05, 0.1) is 5.52 Å². The number of pyridine rings is 1. The fourth-order valence-corrected chi connectivity index (χ4v) is 1.70. The van der Waals surface area contributed by atoms with Gasteiger partial charge in [-0.05, 0) is 0 Å². The lowest BCUT2D eigenvalue weighted by Crippen LogP contribution is -1.95. The molecule has 0 aliphatic carbocycles. The molecule has 2 heterocycles. The van der Waals surface area contributed by atoms with Crippen LogP contribution in [0, 0.1) is 5.13 Å². The molecule has 0 bridgehead atoms. The molecule has 0 aliphatic heterocycles. The first-order chi connectivity index (χ1) is 5.27. The SMILES string of the molecule is O=c1cc[nH]c2cc(F)sc12. The Bertz CT molecular complexity index is 445. The lowest BCUT2D eigenvalue weighted by atomic mass is 10.4. The summed E-state index contributed by atoms with van der Waals surface area (Å²) in [6.45, 7) is 0. The molecular formula is C7H4FNOS. The summed E-state index contributed by atoms with van der Waals surface area (Å²) in [5.41, 5.74) is 0.438. The summed E-state index contributed by atoms with van der Waals surface area (Å²) in [5.74, 6) is 0. The van der Waals surface area contributed by atoms with Gasteiger partial charge in [-0.3, -0.25) is 4.79 Å². The smallest absolute Gasteiger partial charge is 0.199 e. The Morgan fingerprint density at radius 2 is 2.36 bits per heavy atom. The van der Waals surface area contributed by atoms with Crippen LogP contribution in [0.2, 0.25) is 0 Å². The molecule has 2 aromatic rings. The van der Waals surface area contributed by atoms with Crippen LogP contribution in [0.15, 0.2) is 23.1 Å². The summed E-state index contributed by atoms with van der Waals surface area (Å²) in [4.78, 5) is 13.8. The molecular weight excluding hydrogens is 165 g/mol. The van der Waals surface area contributed by atoms with Crippen LogP contribution >= 0.6 is 11.3 Å². The molecule has 0 radical (unpaired) electrons. The van der Waals surface area contributed by atoms with Crippen LogP contribution in [0.1, 0.15) is 0 Å². The first-order valence-electron chi connectivity index (χ1n) is 3.04. The number of hydrogen-bond donors (Lipinski definition) is 1. The van der Waals surface area contributed by atoms with Gasteiger partial charge in [0, 0.05) is 18.3 Å². The Labute approximate surface area is 65.3 Å². The predicted octanol–water partition coefficient (Wildman–Crippen LogP) is 1.73. The topological polar surface area (TPSA) is 32.9 Å². The molecule has 56 valence electrons. The van der Waals surface area contributed by atoms with Gasteiger partial charge in [0.15, 0.2) is 10.6 Å². The summed E-state index contributed by atoms with van der Waals surface area (Å²) < 4.78 is 13.0. The fraction of sp³-hybridized carbons (Fsp3) is 0. The van der Waals surface area contributed by atoms with Crippen LogP contribution in [0.3, 0.4) is 0 Å². The van der Waals surface area contributed by atoms with Crippen LogP contribution in [0.25, 0.3) is 10.2 Å². The molecule has 2 nitrogen and oxygen atoms in total. The van der Waals surface area contributed by atoms with Crippen molar-refractivity contribution in [3.8, 4) is 0 Å². The molecule has 2 aromatic heterocycles. The highest BCUT2D eigenvalue weighted by molar-refractivity contribution is 7.17. The summed E-state index contributed by atoms with van der Waals surface area (Å²) in [7, 11) is 0. The van der Waals surface area contributed by atoms with Crippen molar-refractivity contribution in [2.75, 3.05) is 0 Å². The number of fused-ring (bicyclic) bond motifs is 1. The largest absolute Gasteiger partial charge is 0.360 e. The number of H-pyrrole nitrogens is 1. The van der Waals surface area contributed by atoms with Crippen LogP contribution in [-0.2, 0) is 0 Å². The fourth-order valence-electron chi connectivity index (χ4n) is 0.934. The zero-order chi connectivity index (χ0) is 7.84. The average Bonchev–Trinajstić information content (AvgIpc) is 2.31. The number of aromatic nitrogens is 1. The van der Waals surface area contributed by atoms with Crippen molar-refractivity contribution in [1.29, 1.82) is 0 Å². The minimum Gasteiger partial charge on any atom is -0.360 e. The van der Waals surface area contributed by atoms with Gasteiger partial charge in [-0.25, -0.2) is 0 Å². The van der Waals surface area contributed by atoms with E-state index in [0.29, 0.717) is 10.2 Å². The van der Waals surface area contributed by atoms with Gasteiger partial charge in [0.25, 0.3) is 0 Å². The van der Waals surface area contributed by atoms with Gasteiger partial charge in [-0.15, -0.1) is 11.3 Å². The first kappa shape index (κ1) is 6.54. The molecule has 0 unspecified atom stereocenters. The zero-order valence-corrected chi connectivity index (χ0v) is 6.24. The van der Waals surface area contributed by atoms with E-state index in [4.69, 9.17) is 0 Å². The Hall–Kier alpha value is -1.16. The van der Waals surface area contributed by atoms with E-state index in [1.165, 1.54) is 18.3 Å². The molecule has 0 amide bonds. The van der Waals surface area contributed by atoms with Crippen molar-refractivity contribution in [1.82, 2.24) is 4.98 Å². The van der Waals surface area contributed by atoms with Crippen molar-refractivity contribution in [2.45, 2.75) is 0 Å². The number of halogens is 1. The normalized spacial score (nSPS) is 10.6. The molecule has 11 heavy (non-hydrogen) atoms. The average molecular weight is 169 g/mol. The maximum absolute atomic E-state index is 12.6. The van der Waals surface area contributed by atoms with E-state index >= 15 is 0 Å². The Morgan fingerprint density at radius 1 is 1.55 bits per heavy atom. The molecule has 0 saturated heterocycles. The van der Waals surface area contributed by atoms with Gasteiger partial charge >= 0.3 is 0 Å². The lowest BCUT2D eigenvalue weighted by Gasteiger charge is -1.83. The summed E-state index contributed by atoms with van der Waals surface area (Å²) in [6, 6.07) is 2.71. The third kappa shape index (κ3) is 0.952. The van der Waals surface area contributed by atoms with Crippen molar-refractivity contribution < 1.29 is 4.39 Å². The van der Waals surface area contributed by atoms with Gasteiger partial charge in [0.2, 0.25) is 0 Å². The van der Waals surface area contributed by atoms with Crippen LogP contribution in [0.5, 0.6) is 0 Å². The number of rotatable bonds is 0. The van der Waals surface area contributed by atoms with Crippen LogP contribution < -0.4 is 5.43 Å². The van der Waals surface area contributed by atoms with E-state index in [-0.39, 0.29) is 10.6 Å². The second kappa shape index (κ2) is 2.17. The molecule has 2 rings (SSSR count). The second-order valence-electron chi connectivity index (χ2n) is 2.14. The van der Waals surface area contributed by atoms with E-state index in [9.17, 15) is 9.18 Å². The predicted molar refractivity (Wildman–Crippen MR) is 42.4 cm³/mol. The summed E-state index contributed by atoms with van der Waals surface area (Å²) in [5, 5.41) is -0.334. The van der Waals surface area contributed by atoms with E-state index in [1.807, 2.05) is 0 Å². The minimum absolute atomic E-state index is 0.132.